The molecule has 24 heavy (non-hydrogen) atoms. The van der Waals surface area contributed by atoms with Gasteiger partial charge in [0.1, 0.15) is 5.75 Å². The normalized spacial score (nSPS) is 10.9. The van der Waals surface area contributed by atoms with Crippen molar-refractivity contribution in [2.24, 2.45) is 0 Å². The first-order chi connectivity index (χ1) is 11.3. The summed E-state index contributed by atoms with van der Waals surface area (Å²) in [5.74, 6) is 0.655. The first-order valence-electron chi connectivity index (χ1n) is 6.49. The second kappa shape index (κ2) is 7.54. The topological polar surface area (TPSA) is 58.2 Å². The highest BCUT2D eigenvalue weighted by Gasteiger charge is 2.31. The standard InChI is InChI=1S/C14H12ClF3N4OS/c1-23-10-4-2-3-9(6-10)20-13(24)22-21-12-11(15)5-8(7-19-12)14(16,17)18/h2-7H,1H3,(H,19,21)(H2,20,22,24). The van der Waals surface area contributed by atoms with Crippen LogP contribution in [0.2, 0.25) is 5.02 Å². The van der Waals surface area contributed by atoms with Gasteiger partial charge < -0.3 is 10.1 Å². The summed E-state index contributed by atoms with van der Waals surface area (Å²) in [6.45, 7) is 0. The molecule has 1 aromatic heterocycles. The Morgan fingerprint density at radius 3 is 2.67 bits per heavy atom. The number of anilines is 2. The molecule has 10 heteroatoms. The zero-order valence-corrected chi connectivity index (χ0v) is 13.8. The second-order valence-electron chi connectivity index (χ2n) is 4.49. The van der Waals surface area contributed by atoms with Crippen molar-refractivity contribution in [1.29, 1.82) is 0 Å². The van der Waals surface area contributed by atoms with Gasteiger partial charge in [-0.1, -0.05) is 17.7 Å². The summed E-state index contributed by atoms with van der Waals surface area (Å²) < 4.78 is 42.7. The fraction of sp³-hybridized carbons (Fsp3) is 0.143. The number of benzene rings is 1. The van der Waals surface area contributed by atoms with Crippen LogP contribution in [-0.4, -0.2) is 17.2 Å². The number of halogens is 4. The van der Waals surface area contributed by atoms with E-state index >= 15 is 0 Å². The molecule has 1 aromatic carbocycles. The average Bonchev–Trinajstić information content (AvgIpc) is 2.53. The molecule has 5 nitrogen and oxygen atoms in total. The SMILES string of the molecule is COc1cccc(NC(=S)NNc2ncc(C(F)(F)F)cc2Cl)c1. The fourth-order valence-corrected chi connectivity index (χ4v) is 2.05. The van der Waals surface area contributed by atoms with E-state index in [0.717, 1.165) is 6.07 Å². The van der Waals surface area contributed by atoms with Crippen LogP contribution < -0.4 is 20.9 Å². The van der Waals surface area contributed by atoms with E-state index < -0.39 is 11.7 Å². The number of hydrogen-bond donors (Lipinski definition) is 3. The monoisotopic (exact) mass is 376 g/mol. The average molecular weight is 377 g/mol. The first-order valence-corrected chi connectivity index (χ1v) is 7.28. The Morgan fingerprint density at radius 1 is 1.29 bits per heavy atom. The molecule has 0 bridgehead atoms. The summed E-state index contributed by atoms with van der Waals surface area (Å²) in [5.41, 5.74) is 4.86. The lowest BCUT2D eigenvalue weighted by Crippen LogP contribution is -2.33. The van der Waals surface area contributed by atoms with Gasteiger partial charge in [0.2, 0.25) is 0 Å². The van der Waals surface area contributed by atoms with Gasteiger partial charge in [0.25, 0.3) is 0 Å². The Kier molecular flexibility index (Phi) is 5.68. The minimum atomic E-state index is -4.51. The number of hydrogen-bond acceptors (Lipinski definition) is 4. The van der Waals surface area contributed by atoms with Crippen molar-refractivity contribution in [3.8, 4) is 5.75 Å². The largest absolute Gasteiger partial charge is 0.497 e. The molecule has 1 heterocycles. The van der Waals surface area contributed by atoms with Crippen LogP contribution in [0.5, 0.6) is 5.75 Å². The van der Waals surface area contributed by atoms with Gasteiger partial charge in [-0.25, -0.2) is 4.98 Å². The minimum absolute atomic E-state index is 0.0134. The Morgan fingerprint density at radius 2 is 2.04 bits per heavy atom. The van der Waals surface area contributed by atoms with E-state index in [1.807, 2.05) is 0 Å². The van der Waals surface area contributed by atoms with Gasteiger partial charge in [0.05, 0.1) is 17.7 Å². The van der Waals surface area contributed by atoms with E-state index in [9.17, 15) is 13.2 Å². The Balaban J connectivity index is 1.96. The predicted molar refractivity (Wildman–Crippen MR) is 90.2 cm³/mol. The summed E-state index contributed by atoms with van der Waals surface area (Å²) in [6, 6.07) is 7.80. The molecule has 0 fully saturated rings. The summed E-state index contributed by atoms with van der Waals surface area (Å²) in [5, 5.41) is 2.84. The van der Waals surface area contributed by atoms with Crippen LogP contribution in [0.25, 0.3) is 0 Å². The number of alkyl halides is 3. The molecule has 0 radical (unpaired) electrons. The number of aromatic nitrogens is 1. The van der Waals surface area contributed by atoms with Gasteiger partial charge in [-0.3, -0.25) is 10.9 Å². The Hall–Kier alpha value is -2.26. The number of nitrogens with one attached hydrogen (secondary N) is 3. The van der Waals surface area contributed by atoms with E-state index in [4.69, 9.17) is 28.6 Å². The quantitative estimate of drug-likeness (QED) is 0.552. The molecular formula is C14H12ClF3N4OS. The summed E-state index contributed by atoms with van der Waals surface area (Å²) in [4.78, 5) is 3.62. The third-order valence-corrected chi connectivity index (χ3v) is 3.28. The summed E-state index contributed by atoms with van der Waals surface area (Å²) >= 11 is 10.8. The maximum atomic E-state index is 12.5. The van der Waals surface area contributed by atoms with Crippen LogP contribution in [0.3, 0.4) is 0 Å². The number of hydrazine groups is 1. The molecular weight excluding hydrogens is 365 g/mol. The van der Waals surface area contributed by atoms with Crippen LogP contribution in [0.4, 0.5) is 24.7 Å². The molecule has 0 spiro atoms. The lowest BCUT2D eigenvalue weighted by atomic mass is 10.3. The third kappa shape index (κ3) is 4.87. The molecule has 0 saturated carbocycles. The minimum Gasteiger partial charge on any atom is -0.497 e. The van der Waals surface area contributed by atoms with Crippen LogP contribution in [-0.2, 0) is 6.18 Å². The third-order valence-electron chi connectivity index (χ3n) is 2.79. The molecule has 2 rings (SSSR count). The van der Waals surface area contributed by atoms with E-state index in [2.05, 4.69) is 21.2 Å². The number of methoxy groups -OCH3 is 1. The zero-order valence-electron chi connectivity index (χ0n) is 12.2. The molecule has 128 valence electrons. The zero-order chi connectivity index (χ0) is 17.7. The summed E-state index contributed by atoms with van der Waals surface area (Å²) in [7, 11) is 1.54. The number of pyridine rings is 1. The van der Waals surface area contributed by atoms with Gasteiger partial charge in [0, 0.05) is 18.0 Å². The van der Waals surface area contributed by atoms with Crippen molar-refractivity contribution >= 4 is 40.4 Å². The van der Waals surface area contributed by atoms with Crippen LogP contribution in [0.1, 0.15) is 5.56 Å². The molecule has 0 atom stereocenters. The Bertz CT molecular complexity index is 742. The highest BCUT2D eigenvalue weighted by Crippen LogP contribution is 2.32. The van der Waals surface area contributed by atoms with Crippen molar-refractivity contribution in [3.05, 3.63) is 47.1 Å². The molecule has 0 amide bonds. The maximum absolute atomic E-state index is 12.5. The van der Waals surface area contributed by atoms with Gasteiger partial charge in [-0.15, -0.1) is 0 Å². The van der Waals surface area contributed by atoms with E-state index in [1.165, 1.54) is 7.11 Å². The lowest BCUT2D eigenvalue weighted by molar-refractivity contribution is -0.137. The predicted octanol–water partition coefficient (Wildman–Crippen LogP) is 4.08. The second-order valence-corrected chi connectivity index (χ2v) is 5.30. The molecule has 0 aliphatic rings. The molecule has 2 aromatic rings. The maximum Gasteiger partial charge on any atom is 0.417 e. The van der Waals surface area contributed by atoms with Crippen molar-refractivity contribution < 1.29 is 17.9 Å². The van der Waals surface area contributed by atoms with Crippen LogP contribution in [0.15, 0.2) is 36.5 Å². The molecule has 0 aliphatic heterocycles. The molecule has 0 aliphatic carbocycles. The number of ether oxygens (including phenoxy) is 1. The van der Waals surface area contributed by atoms with Gasteiger partial charge in [-0.2, -0.15) is 13.2 Å². The van der Waals surface area contributed by atoms with Gasteiger partial charge in [0.15, 0.2) is 10.9 Å². The highest BCUT2D eigenvalue weighted by molar-refractivity contribution is 7.80. The molecule has 0 saturated heterocycles. The lowest BCUT2D eigenvalue weighted by Gasteiger charge is -2.14. The number of rotatable bonds is 4. The number of nitrogens with zero attached hydrogens (tertiary/aromatic N) is 1. The van der Waals surface area contributed by atoms with Crippen molar-refractivity contribution in [1.82, 2.24) is 10.4 Å². The first kappa shape index (κ1) is 18.1. The van der Waals surface area contributed by atoms with E-state index in [-0.39, 0.29) is 16.0 Å². The molecule has 3 N–H and O–H groups in total. The number of thiocarbonyl (C=S) groups is 1. The van der Waals surface area contributed by atoms with Gasteiger partial charge >= 0.3 is 6.18 Å². The van der Waals surface area contributed by atoms with Crippen LogP contribution in [0, 0.1) is 0 Å². The van der Waals surface area contributed by atoms with E-state index in [1.54, 1.807) is 24.3 Å². The Labute approximate surface area is 146 Å². The smallest absolute Gasteiger partial charge is 0.417 e. The molecule has 0 unspecified atom stereocenters. The fourth-order valence-electron chi connectivity index (χ4n) is 1.66. The highest BCUT2D eigenvalue weighted by atomic mass is 35.5. The van der Waals surface area contributed by atoms with E-state index in [0.29, 0.717) is 17.6 Å². The van der Waals surface area contributed by atoms with Crippen molar-refractivity contribution in [2.45, 2.75) is 6.18 Å². The van der Waals surface area contributed by atoms with Crippen molar-refractivity contribution in [2.75, 3.05) is 17.9 Å². The summed E-state index contributed by atoms with van der Waals surface area (Å²) in [6.07, 6.45) is -3.83. The van der Waals surface area contributed by atoms with Gasteiger partial charge in [-0.05, 0) is 30.4 Å². The van der Waals surface area contributed by atoms with Crippen molar-refractivity contribution in [3.63, 3.8) is 0 Å². The van der Waals surface area contributed by atoms with Crippen LogP contribution >= 0.6 is 23.8 Å².